The molecule has 1 aliphatic carbocycles. The van der Waals surface area contributed by atoms with Crippen LogP contribution in [0.15, 0.2) is 22.9 Å². The van der Waals surface area contributed by atoms with Crippen LogP contribution in [0.2, 0.25) is 0 Å². The van der Waals surface area contributed by atoms with Crippen molar-refractivity contribution in [2.75, 3.05) is 13.1 Å². The summed E-state index contributed by atoms with van der Waals surface area (Å²) in [4.78, 5) is 30.1. The van der Waals surface area contributed by atoms with Gasteiger partial charge in [0.2, 0.25) is 5.91 Å². The van der Waals surface area contributed by atoms with Crippen molar-refractivity contribution in [2.45, 2.75) is 31.7 Å². The van der Waals surface area contributed by atoms with E-state index in [-0.39, 0.29) is 17.9 Å². The van der Waals surface area contributed by atoms with E-state index in [1.165, 1.54) is 0 Å². The molecule has 21 heavy (non-hydrogen) atoms. The van der Waals surface area contributed by atoms with Crippen LogP contribution in [0.1, 0.15) is 36.0 Å². The summed E-state index contributed by atoms with van der Waals surface area (Å²) >= 11 is 3.31. The molecule has 0 radical (unpaired) electrons. The Labute approximate surface area is 132 Å². The third-order valence-corrected chi connectivity index (χ3v) is 4.47. The van der Waals surface area contributed by atoms with Gasteiger partial charge in [-0.3, -0.25) is 14.6 Å². The molecule has 1 aromatic heterocycles. The van der Waals surface area contributed by atoms with E-state index in [0.29, 0.717) is 11.5 Å². The topological polar surface area (TPSA) is 62.3 Å². The van der Waals surface area contributed by atoms with E-state index < -0.39 is 0 Å². The largest absolute Gasteiger partial charge is 0.349 e. The molecular formula is C15H18BrN3O2. The van der Waals surface area contributed by atoms with Crippen molar-refractivity contribution in [1.29, 1.82) is 0 Å². The first-order chi connectivity index (χ1) is 10.1. The van der Waals surface area contributed by atoms with E-state index in [9.17, 15) is 9.59 Å². The lowest BCUT2D eigenvalue weighted by molar-refractivity contribution is -0.133. The summed E-state index contributed by atoms with van der Waals surface area (Å²) in [6, 6.07) is 1.90. The zero-order valence-electron chi connectivity index (χ0n) is 11.7. The standard InChI is InChI=1S/C15H18BrN3O2/c16-12-7-11(8-17-9-12)14(20)18-13-3-5-19(6-4-13)15(21)10-1-2-10/h7-10,13H,1-6H2,(H,18,20). The highest BCUT2D eigenvalue weighted by atomic mass is 79.9. The third-order valence-electron chi connectivity index (χ3n) is 4.04. The number of pyridine rings is 1. The molecule has 0 unspecified atom stereocenters. The van der Waals surface area contributed by atoms with Gasteiger partial charge in [0.15, 0.2) is 0 Å². The monoisotopic (exact) mass is 351 g/mol. The molecule has 0 spiro atoms. The summed E-state index contributed by atoms with van der Waals surface area (Å²) in [5.41, 5.74) is 0.556. The molecular weight excluding hydrogens is 334 g/mol. The van der Waals surface area contributed by atoms with Crippen molar-refractivity contribution in [2.24, 2.45) is 5.92 Å². The average Bonchev–Trinajstić information content (AvgIpc) is 3.32. The van der Waals surface area contributed by atoms with Crippen LogP contribution < -0.4 is 5.32 Å². The number of aromatic nitrogens is 1. The van der Waals surface area contributed by atoms with Gasteiger partial charge in [0, 0.05) is 41.9 Å². The second-order valence-corrected chi connectivity index (χ2v) is 6.65. The number of hydrogen-bond acceptors (Lipinski definition) is 3. The van der Waals surface area contributed by atoms with Crippen molar-refractivity contribution >= 4 is 27.7 Å². The van der Waals surface area contributed by atoms with Crippen LogP contribution in [-0.4, -0.2) is 40.8 Å². The lowest BCUT2D eigenvalue weighted by Gasteiger charge is -2.32. The van der Waals surface area contributed by atoms with E-state index in [0.717, 1.165) is 43.2 Å². The molecule has 3 rings (SSSR count). The van der Waals surface area contributed by atoms with Crippen LogP contribution in [0, 0.1) is 5.92 Å². The Bertz CT molecular complexity index is 552. The molecule has 5 nitrogen and oxygen atoms in total. The van der Waals surface area contributed by atoms with E-state index in [1.807, 2.05) is 4.90 Å². The smallest absolute Gasteiger partial charge is 0.253 e. The maximum absolute atomic E-state index is 12.1. The molecule has 0 atom stereocenters. The van der Waals surface area contributed by atoms with Gasteiger partial charge in [0.1, 0.15) is 0 Å². The van der Waals surface area contributed by atoms with Gasteiger partial charge in [0.25, 0.3) is 5.91 Å². The second-order valence-electron chi connectivity index (χ2n) is 5.74. The molecule has 0 bridgehead atoms. The van der Waals surface area contributed by atoms with Crippen LogP contribution in [0.4, 0.5) is 0 Å². The highest BCUT2D eigenvalue weighted by molar-refractivity contribution is 9.10. The van der Waals surface area contributed by atoms with Gasteiger partial charge < -0.3 is 10.2 Å². The molecule has 2 aliphatic rings. The Morgan fingerprint density at radius 2 is 1.90 bits per heavy atom. The van der Waals surface area contributed by atoms with E-state index in [2.05, 4.69) is 26.2 Å². The molecule has 6 heteroatoms. The van der Waals surface area contributed by atoms with Crippen molar-refractivity contribution in [3.8, 4) is 0 Å². The number of rotatable bonds is 3. The summed E-state index contributed by atoms with van der Waals surface area (Å²) in [6.45, 7) is 1.49. The van der Waals surface area contributed by atoms with Crippen molar-refractivity contribution in [1.82, 2.24) is 15.2 Å². The Hall–Kier alpha value is -1.43. The van der Waals surface area contributed by atoms with Crippen LogP contribution in [0.25, 0.3) is 0 Å². The number of nitrogens with one attached hydrogen (secondary N) is 1. The van der Waals surface area contributed by atoms with Crippen molar-refractivity contribution < 1.29 is 9.59 Å². The number of nitrogens with zero attached hydrogens (tertiary/aromatic N) is 2. The Kier molecular flexibility index (Phi) is 4.24. The first-order valence-electron chi connectivity index (χ1n) is 7.33. The number of carbonyl (C=O) groups is 2. The summed E-state index contributed by atoms with van der Waals surface area (Å²) < 4.78 is 0.792. The zero-order chi connectivity index (χ0) is 14.8. The predicted molar refractivity (Wildman–Crippen MR) is 81.7 cm³/mol. The van der Waals surface area contributed by atoms with Gasteiger partial charge in [-0.25, -0.2) is 0 Å². The molecule has 1 aliphatic heterocycles. The first-order valence-corrected chi connectivity index (χ1v) is 8.13. The van der Waals surface area contributed by atoms with Gasteiger partial charge in [-0.15, -0.1) is 0 Å². The van der Waals surface area contributed by atoms with Crippen LogP contribution >= 0.6 is 15.9 Å². The van der Waals surface area contributed by atoms with Gasteiger partial charge in [-0.1, -0.05) is 0 Å². The maximum Gasteiger partial charge on any atom is 0.253 e. The van der Waals surface area contributed by atoms with Crippen LogP contribution in [-0.2, 0) is 4.79 Å². The Morgan fingerprint density at radius 3 is 2.52 bits per heavy atom. The molecule has 1 aromatic rings. The van der Waals surface area contributed by atoms with Crippen LogP contribution in [0.5, 0.6) is 0 Å². The molecule has 2 fully saturated rings. The zero-order valence-corrected chi connectivity index (χ0v) is 13.3. The van der Waals surface area contributed by atoms with Gasteiger partial charge in [-0.05, 0) is 47.7 Å². The summed E-state index contributed by atoms with van der Waals surface area (Å²) in [5, 5.41) is 3.03. The normalized spacial score (nSPS) is 19.4. The molecule has 1 N–H and O–H groups in total. The van der Waals surface area contributed by atoms with Crippen molar-refractivity contribution in [3.05, 3.63) is 28.5 Å². The maximum atomic E-state index is 12.1. The quantitative estimate of drug-likeness (QED) is 0.905. The van der Waals surface area contributed by atoms with E-state index in [4.69, 9.17) is 0 Å². The third kappa shape index (κ3) is 3.61. The Morgan fingerprint density at radius 1 is 1.19 bits per heavy atom. The Balaban J connectivity index is 1.50. The van der Waals surface area contributed by atoms with Crippen molar-refractivity contribution in [3.63, 3.8) is 0 Å². The number of carbonyl (C=O) groups excluding carboxylic acids is 2. The highest BCUT2D eigenvalue weighted by Crippen LogP contribution is 2.31. The molecule has 1 saturated carbocycles. The minimum absolute atomic E-state index is 0.101. The van der Waals surface area contributed by atoms with Gasteiger partial charge in [-0.2, -0.15) is 0 Å². The lowest BCUT2D eigenvalue weighted by Crippen LogP contribution is -2.47. The van der Waals surface area contributed by atoms with Gasteiger partial charge in [0.05, 0.1) is 5.56 Å². The van der Waals surface area contributed by atoms with E-state index >= 15 is 0 Å². The fraction of sp³-hybridized carbons (Fsp3) is 0.533. The minimum Gasteiger partial charge on any atom is -0.349 e. The SMILES string of the molecule is O=C(NC1CCN(C(=O)C2CC2)CC1)c1cncc(Br)c1. The average molecular weight is 352 g/mol. The molecule has 1 saturated heterocycles. The highest BCUT2D eigenvalue weighted by Gasteiger charge is 2.35. The number of hydrogen-bond donors (Lipinski definition) is 1. The fourth-order valence-corrected chi connectivity index (χ4v) is 3.00. The van der Waals surface area contributed by atoms with E-state index in [1.54, 1.807) is 18.5 Å². The molecule has 112 valence electrons. The fourth-order valence-electron chi connectivity index (χ4n) is 2.64. The number of likely N-dealkylation sites (tertiary alicyclic amines) is 1. The lowest BCUT2D eigenvalue weighted by atomic mass is 10.0. The minimum atomic E-state index is -0.101. The molecule has 2 amide bonds. The number of halogens is 1. The number of amides is 2. The summed E-state index contributed by atoms with van der Waals surface area (Å²) in [7, 11) is 0. The van der Waals surface area contributed by atoms with Gasteiger partial charge >= 0.3 is 0 Å². The summed E-state index contributed by atoms with van der Waals surface area (Å²) in [6.07, 6.45) is 6.96. The molecule has 2 heterocycles. The number of piperidine rings is 1. The second kappa shape index (κ2) is 6.13. The predicted octanol–water partition coefficient (Wildman–Crippen LogP) is 1.97. The summed E-state index contributed by atoms with van der Waals surface area (Å²) in [5.74, 6) is 0.482. The first kappa shape index (κ1) is 14.5. The van der Waals surface area contributed by atoms with Crippen LogP contribution in [0.3, 0.4) is 0 Å². The molecule has 0 aromatic carbocycles.